The van der Waals surface area contributed by atoms with E-state index in [1.54, 1.807) is 0 Å². The molecule has 2 N–H and O–H groups in total. The number of allylic oxidation sites excluding steroid dienone is 1. The smallest absolute Gasteiger partial charge is 0.407 e. The molecule has 5 heteroatoms. The lowest BCUT2D eigenvalue weighted by atomic mass is 10.2. The van der Waals surface area contributed by atoms with E-state index in [9.17, 15) is 9.59 Å². The minimum absolute atomic E-state index is 0.150. The maximum atomic E-state index is 11.2. The van der Waals surface area contributed by atoms with E-state index in [1.165, 1.54) is 19.3 Å². The summed E-state index contributed by atoms with van der Waals surface area (Å²) in [6, 6.07) is -0.415. The summed E-state index contributed by atoms with van der Waals surface area (Å²) in [6.45, 7) is 3.02. The zero-order valence-electron chi connectivity index (χ0n) is 10.9. The summed E-state index contributed by atoms with van der Waals surface area (Å²) in [4.78, 5) is 22.1. The molecule has 1 rings (SSSR count). The van der Waals surface area contributed by atoms with E-state index in [1.807, 2.05) is 6.08 Å². The van der Waals surface area contributed by atoms with Gasteiger partial charge in [-0.05, 0) is 19.3 Å². The van der Waals surface area contributed by atoms with E-state index in [2.05, 4.69) is 23.6 Å². The van der Waals surface area contributed by atoms with Crippen LogP contribution >= 0.6 is 0 Å². The standard InChI is InChI=1S/C13H22N2O3/c1-2-3-4-5-6-7-8-9-18-13(17)15-11-10-14-12(11)16/h6-7,11H,2-5,8-10H2,1H3,(H,14,16)(H,15,17)/b7-6-/t11-/m0/s1. The summed E-state index contributed by atoms with van der Waals surface area (Å²) >= 11 is 0. The summed E-state index contributed by atoms with van der Waals surface area (Å²) in [7, 11) is 0. The van der Waals surface area contributed by atoms with Crippen LogP contribution in [0.15, 0.2) is 12.2 Å². The Hall–Kier alpha value is -1.52. The van der Waals surface area contributed by atoms with E-state index in [4.69, 9.17) is 4.74 Å². The summed E-state index contributed by atoms with van der Waals surface area (Å²) in [5.74, 6) is -0.150. The Morgan fingerprint density at radius 1 is 1.44 bits per heavy atom. The lowest BCUT2D eigenvalue weighted by Crippen LogP contribution is -2.61. The van der Waals surface area contributed by atoms with E-state index in [0.717, 1.165) is 12.8 Å². The molecule has 0 aromatic rings. The number of alkyl carbamates (subject to hydrolysis) is 1. The van der Waals surface area contributed by atoms with Crippen molar-refractivity contribution in [1.82, 2.24) is 10.6 Å². The van der Waals surface area contributed by atoms with Crippen molar-refractivity contribution in [2.45, 2.75) is 45.1 Å². The summed E-state index contributed by atoms with van der Waals surface area (Å²) in [5.41, 5.74) is 0. The Morgan fingerprint density at radius 3 is 2.83 bits per heavy atom. The highest BCUT2D eigenvalue weighted by molar-refractivity contribution is 5.90. The van der Waals surface area contributed by atoms with Crippen LogP contribution in [0.5, 0.6) is 0 Å². The van der Waals surface area contributed by atoms with Gasteiger partial charge in [0.25, 0.3) is 0 Å². The largest absolute Gasteiger partial charge is 0.449 e. The second-order valence-electron chi connectivity index (χ2n) is 4.33. The first kappa shape index (κ1) is 14.5. The van der Waals surface area contributed by atoms with Gasteiger partial charge >= 0.3 is 6.09 Å². The monoisotopic (exact) mass is 254 g/mol. The van der Waals surface area contributed by atoms with Gasteiger partial charge in [0.1, 0.15) is 6.04 Å². The van der Waals surface area contributed by atoms with Crippen LogP contribution in [-0.4, -0.2) is 31.2 Å². The molecule has 0 aliphatic carbocycles. The Labute approximate surface area is 108 Å². The van der Waals surface area contributed by atoms with E-state index < -0.39 is 12.1 Å². The Morgan fingerprint density at radius 2 is 2.22 bits per heavy atom. The van der Waals surface area contributed by atoms with Crippen molar-refractivity contribution < 1.29 is 14.3 Å². The molecule has 0 bridgehead atoms. The fraction of sp³-hybridized carbons (Fsp3) is 0.692. The van der Waals surface area contributed by atoms with E-state index >= 15 is 0 Å². The third kappa shape index (κ3) is 5.70. The quantitative estimate of drug-likeness (QED) is 0.394. The van der Waals surface area contributed by atoms with Crippen molar-refractivity contribution in [2.75, 3.05) is 13.2 Å². The number of β-lactam (4-membered cyclic amide) rings is 1. The van der Waals surface area contributed by atoms with Crippen LogP contribution in [0.4, 0.5) is 4.79 Å². The van der Waals surface area contributed by atoms with Crippen LogP contribution in [-0.2, 0) is 9.53 Å². The molecule has 1 heterocycles. The predicted molar refractivity (Wildman–Crippen MR) is 69.2 cm³/mol. The fourth-order valence-corrected chi connectivity index (χ4v) is 1.56. The van der Waals surface area contributed by atoms with Crippen molar-refractivity contribution >= 4 is 12.0 Å². The average molecular weight is 254 g/mol. The summed E-state index contributed by atoms with van der Waals surface area (Å²) in [6.07, 6.45) is 9.13. The van der Waals surface area contributed by atoms with Gasteiger partial charge in [-0.3, -0.25) is 4.79 Å². The molecule has 1 fully saturated rings. The highest BCUT2D eigenvalue weighted by Crippen LogP contribution is 2.00. The number of amides is 2. The van der Waals surface area contributed by atoms with Gasteiger partial charge in [0.05, 0.1) is 6.61 Å². The minimum Gasteiger partial charge on any atom is -0.449 e. The molecule has 0 aromatic heterocycles. The van der Waals surface area contributed by atoms with Crippen LogP contribution in [0, 0.1) is 0 Å². The number of carbonyl (C=O) groups is 2. The Bertz CT molecular complexity index is 303. The molecule has 1 saturated heterocycles. The van der Waals surface area contributed by atoms with Crippen LogP contribution < -0.4 is 10.6 Å². The molecule has 18 heavy (non-hydrogen) atoms. The van der Waals surface area contributed by atoms with Gasteiger partial charge in [0, 0.05) is 6.54 Å². The number of nitrogens with one attached hydrogen (secondary N) is 2. The molecular weight excluding hydrogens is 232 g/mol. The number of hydrogen-bond donors (Lipinski definition) is 2. The number of ether oxygens (including phenoxy) is 1. The van der Waals surface area contributed by atoms with E-state index in [0.29, 0.717) is 13.2 Å². The minimum atomic E-state index is -0.519. The Balaban J connectivity index is 1.93. The van der Waals surface area contributed by atoms with Gasteiger partial charge in [-0.15, -0.1) is 0 Å². The van der Waals surface area contributed by atoms with Crippen LogP contribution in [0.2, 0.25) is 0 Å². The maximum Gasteiger partial charge on any atom is 0.407 e. The maximum absolute atomic E-state index is 11.2. The predicted octanol–water partition coefficient (Wildman–Crippen LogP) is 1.74. The first-order chi connectivity index (χ1) is 8.74. The van der Waals surface area contributed by atoms with Crippen molar-refractivity contribution in [3.05, 3.63) is 12.2 Å². The third-order valence-electron chi connectivity index (χ3n) is 2.75. The topological polar surface area (TPSA) is 67.4 Å². The average Bonchev–Trinajstić information content (AvgIpc) is 2.37. The van der Waals surface area contributed by atoms with Gasteiger partial charge in [0.15, 0.2) is 0 Å². The van der Waals surface area contributed by atoms with Crippen molar-refractivity contribution in [3.63, 3.8) is 0 Å². The number of carbonyl (C=O) groups excluding carboxylic acids is 2. The Kier molecular flexibility index (Phi) is 6.91. The first-order valence-corrected chi connectivity index (χ1v) is 6.60. The van der Waals surface area contributed by atoms with Gasteiger partial charge in [-0.2, -0.15) is 0 Å². The molecule has 2 amide bonds. The SMILES string of the molecule is CCCCC/C=C\CCOC(=O)N[C@H]1CNC1=O. The lowest BCUT2D eigenvalue weighted by Gasteiger charge is -2.26. The van der Waals surface area contributed by atoms with Gasteiger partial charge in [-0.25, -0.2) is 4.79 Å². The highest BCUT2D eigenvalue weighted by Gasteiger charge is 2.29. The number of rotatable bonds is 8. The van der Waals surface area contributed by atoms with Gasteiger partial charge < -0.3 is 15.4 Å². The van der Waals surface area contributed by atoms with Gasteiger partial charge in [-0.1, -0.05) is 31.9 Å². The first-order valence-electron chi connectivity index (χ1n) is 6.60. The van der Waals surface area contributed by atoms with Crippen molar-refractivity contribution in [1.29, 1.82) is 0 Å². The molecule has 1 aliphatic heterocycles. The second-order valence-corrected chi connectivity index (χ2v) is 4.33. The van der Waals surface area contributed by atoms with Crippen LogP contribution in [0.3, 0.4) is 0 Å². The zero-order valence-corrected chi connectivity index (χ0v) is 10.9. The molecule has 102 valence electrons. The molecule has 5 nitrogen and oxygen atoms in total. The molecule has 0 radical (unpaired) electrons. The zero-order chi connectivity index (χ0) is 13.2. The molecular formula is C13H22N2O3. The van der Waals surface area contributed by atoms with Crippen LogP contribution in [0.1, 0.15) is 39.0 Å². The van der Waals surface area contributed by atoms with E-state index in [-0.39, 0.29) is 5.91 Å². The molecule has 0 unspecified atom stereocenters. The second kappa shape index (κ2) is 8.55. The third-order valence-corrected chi connectivity index (χ3v) is 2.75. The van der Waals surface area contributed by atoms with Crippen molar-refractivity contribution in [3.8, 4) is 0 Å². The number of hydrogen-bond acceptors (Lipinski definition) is 3. The molecule has 1 atom stereocenters. The van der Waals surface area contributed by atoms with Crippen LogP contribution in [0.25, 0.3) is 0 Å². The molecule has 0 aromatic carbocycles. The highest BCUT2D eigenvalue weighted by atomic mass is 16.5. The van der Waals surface area contributed by atoms with Crippen molar-refractivity contribution in [2.24, 2.45) is 0 Å². The number of unbranched alkanes of at least 4 members (excludes halogenated alkanes) is 3. The summed E-state index contributed by atoms with van der Waals surface area (Å²) in [5, 5.41) is 5.03. The fourth-order valence-electron chi connectivity index (χ4n) is 1.56. The molecule has 0 spiro atoms. The van der Waals surface area contributed by atoms with Gasteiger partial charge in [0.2, 0.25) is 5.91 Å². The molecule has 0 saturated carbocycles. The summed E-state index contributed by atoms with van der Waals surface area (Å²) < 4.78 is 4.94. The normalized spacial score (nSPS) is 18.3. The molecule has 1 aliphatic rings. The lowest BCUT2D eigenvalue weighted by molar-refractivity contribution is -0.128.